The molecule has 1 saturated heterocycles. The summed E-state index contributed by atoms with van der Waals surface area (Å²) in [7, 11) is 0. The molecule has 0 bridgehead atoms. The van der Waals surface area contributed by atoms with Gasteiger partial charge in [-0.2, -0.15) is 0 Å². The summed E-state index contributed by atoms with van der Waals surface area (Å²) in [5.41, 5.74) is 0. The lowest BCUT2D eigenvalue weighted by Crippen LogP contribution is -2.61. The summed E-state index contributed by atoms with van der Waals surface area (Å²) >= 11 is 0. The molecule has 12 heteroatoms. The van der Waals surface area contributed by atoms with Crippen molar-refractivity contribution in [1.82, 2.24) is 0 Å². The second kappa shape index (κ2) is 52.2. The van der Waals surface area contributed by atoms with E-state index in [-0.39, 0.29) is 25.9 Å². The predicted molar refractivity (Wildman–Crippen MR) is 304 cm³/mol. The van der Waals surface area contributed by atoms with E-state index in [1.807, 2.05) is 0 Å². The Kier molecular flexibility index (Phi) is 49.0. The maximum Gasteiger partial charge on any atom is 0.335 e. The van der Waals surface area contributed by atoms with E-state index in [9.17, 15) is 34.5 Å². The lowest BCUT2D eigenvalue weighted by Gasteiger charge is -2.40. The molecule has 3 N–H and O–H groups in total. The van der Waals surface area contributed by atoms with E-state index < -0.39 is 67.3 Å². The topological polar surface area (TPSA) is 175 Å². The summed E-state index contributed by atoms with van der Waals surface area (Å²) in [6.45, 7) is 6.03. The summed E-state index contributed by atoms with van der Waals surface area (Å²) in [6, 6.07) is 0. The molecule has 1 rings (SSSR count). The smallest absolute Gasteiger partial charge is 0.335 e. The minimum Gasteiger partial charge on any atom is -0.479 e. The van der Waals surface area contributed by atoms with E-state index in [1.165, 1.54) is 193 Å². The number of hydrogen-bond donors (Lipinski definition) is 3. The van der Waals surface area contributed by atoms with Crippen molar-refractivity contribution in [3.05, 3.63) is 12.2 Å². The van der Waals surface area contributed by atoms with Gasteiger partial charge in [-0.05, 0) is 44.9 Å². The molecule has 75 heavy (non-hydrogen) atoms. The number of aliphatic hydroxyl groups is 2. The van der Waals surface area contributed by atoms with E-state index in [4.69, 9.17) is 23.7 Å². The Hall–Kier alpha value is -2.54. The largest absolute Gasteiger partial charge is 0.479 e. The molecule has 0 saturated carbocycles. The van der Waals surface area contributed by atoms with Gasteiger partial charge in [-0.1, -0.05) is 264 Å². The molecule has 0 spiro atoms. The number of carbonyl (C=O) groups is 4. The maximum atomic E-state index is 13.2. The Morgan fingerprint density at radius 3 is 1.13 bits per heavy atom. The van der Waals surface area contributed by atoms with Crippen LogP contribution in [0.2, 0.25) is 0 Å². The average molecular weight is 1070 g/mol. The zero-order valence-corrected chi connectivity index (χ0v) is 48.6. The quantitative estimate of drug-likeness (QED) is 0.0228. The first kappa shape index (κ1) is 70.5. The van der Waals surface area contributed by atoms with E-state index in [0.717, 1.165) is 64.2 Å². The van der Waals surface area contributed by atoms with Crippen LogP contribution in [0.5, 0.6) is 0 Å². The Morgan fingerprint density at radius 1 is 0.427 bits per heavy atom. The molecule has 1 aliphatic heterocycles. The average Bonchev–Trinajstić information content (AvgIpc) is 3.39. The van der Waals surface area contributed by atoms with Crippen LogP contribution in [0.3, 0.4) is 0 Å². The SMILES string of the molecule is CCCCCCCC/C=C\CCCCCCCCCC(=O)OCC(COC1OC(C(=O)O)C(O)C(O)C1OC(=O)CCCCCCCCCCCCCCC)OC(=O)CCCCCCCCCCCCCCCCC. The van der Waals surface area contributed by atoms with E-state index in [2.05, 4.69) is 32.9 Å². The molecule has 1 fully saturated rings. The van der Waals surface area contributed by atoms with Crippen molar-refractivity contribution < 1.29 is 58.2 Å². The molecule has 440 valence electrons. The number of unbranched alkanes of at least 4 members (excludes halogenated alkanes) is 39. The lowest BCUT2D eigenvalue weighted by atomic mass is 9.98. The third-order valence-corrected chi connectivity index (χ3v) is 14.8. The van der Waals surface area contributed by atoms with Gasteiger partial charge in [0.2, 0.25) is 0 Å². The maximum absolute atomic E-state index is 13.2. The molecule has 0 aliphatic carbocycles. The fraction of sp³-hybridized carbons (Fsp3) is 0.905. The van der Waals surface area contributed by atoms with Crippen LogP contribution in [0.15, 0.2) is 12.2 Å². The van der Waals surface area contributed by atoms with Gasteiger partial charge in [0.25, 0.3) is 0 Å². The fourth-order valence-corrected chi connectivity index (χ4v) is 9.95. The van der Waals surface area contributed by atoms with Gasteiger partial charge < -0.3 is 39.0 Å². The zero-order chi connectivity index (χ0) is 54.7. The van der Waals surface area contributed by atoms with Crippen LogP contribution in [0.4, 0.5) is 0 Å². The van der Waals surface area contributed by atoms with Crippen LogP contribution in [-0.4, -0.2) is 89.2 Å². The highest BCUT2D eigenvalue weighted by molar-refractivity contribution is 5.74. The second-order valence-corrected chi connectivity index (χ2v) is 22.1. The van der Waals surface area contributed by atoms with Crippen LogP contribution >= 0.6 is 0 Å². The van der Waals surface area contributed by atoms with Crippen LogP contribution in [0.25, 0.3) is 0 Å². The second-order valence-electron chi connectivity index (χ2n) is 22.1. The van der Waals surface area contributed by atoms with Crippen molar-refractivity contribution in [1.29, 1.82) is 0 Å². The van der Waals surface area contributed by atoms with Crippen LogP contribution in [0.1, 0.15) is 316 Å². The minimum atomic E-state index is -1.90. The Balaban J connectivity index is 2.65. The van der Waals surface area contributed by atoms with E-state index >= 15 is 0 Å². The van der Waals surface area contributed by atoms with Crippen molar-refractivity contribution in [3.63, 3.8) is 0 Å². The molecule has 1 aliphatic rings. The van der Waals surface area contributed by atoms with Gasteiger partial charge in [-0.25, -0.2) is 4.79 Å². The predicted octanol–water partition coefficient (Wildman–Crippen LogP) is 16.5. The first-order chi connectivity index (χ1) is 36.6. The number of carboxylic acid groups (broad SMARTS) is 1. The van der Waals surface area contributed by atoms with E-state index in [1.54, 1.807) is 0 Å². The van der Waals surface area contributed by atoms with Gasteiger partial charge >= 0.3 is 23.9 Å². The summed E-state index contributed by atoms with van der Waals surface area (Å²) in [5.74, 6) is -3.08. The highest BCUT2D eigenvalue weighted by atomic mass is 16.7. The monoisotopic (exact) mass is 1060 g/mol. The number of hydrogen-bond acceptors (Lipinski definition) is 11. The Bertz CT molecular complexity index is 1360. The number of ether oxygens (including phenoxy) is 5. The summed E-state index contributed by atoms with van der Waals surface area (Å²) in [5, 5.41) is 31.5. The number of rotatable bonds is 55. The summed E-state index contributed by atoms with van der Waals surface area (Å²) in [4.78, 5) is 51.2. The molecular weight excluding hydrogens is 949 g/mol. The molecule has 0 aromatic rings. The van der Waals surface area contributed by atoms with Gasteiger partial charge in [0.1, 0.15) is 18.8 Å². The van der Waals surface area contributed by atoms with Crippen molar-refractivity contribution in [3.8, 4) is 0 Å². The first-order valence-electron chi connectivity index (χ1n) is 31.7. The van der Waals surface area contributed by atoms with Crippen molar-refractivity contribution >= 4 is 23.9 Å². The number of aliphatic hydroxyl groups excluding tert-OH is 2. The van der Waals surface area contributed by atoms with Crippen molar-refractivity contribution in [2.75, 3.05) is 13.2 Å². The molecule has 12 nitrogen and oxygen atoms in total. The Labute approximate surface area is 458 Å². The normalized spacial score (nSPS) is 18.1. The molecule has 0 aromatic carbocycles. The van der Waals surface area contributed by atoms with Crippen LogP contribution < -0.4 is 0 Å². The third kappa shape index (κ3) is 42.1. The van der Waals surface area contributed by atoms with Gasteiger partial charge in [0, 0.05) is 19.3 Å². The summed E-state index contributed by atoms with van der Waals surface area (Å²) < 4.78 is 28.5. The molecule has 6 atom stereocenters. The molecule has 0 radical (unpaired) electrons. The number of carbonyl (C=O) groups excluding carboxylic acids is 3. The highest BCUT2D eigenvalue weighted by Gasteiger charge is 2.50. The molecule has 0 amide bonds. The first-order valence-corrected chi connectivity index (χ1v) is 31.7. The van der Waals surface area contributed by atoms with E-state index in [0.29, 0.717) is 19.3 Å². The molecular formula is C63H116O12. The van der Waals surface area contributed by atoms with Crippen LogP contribution in [-0.2, 0) is 42.9 Å². The van der Waals surface area contributed by atoms with Gasteiger partial charge in [0.05, 0.1) is 6.61 Å². The standard InChI is InChI=1S/C63H116O12/c1-4-7-10-13-16-19-22-25-27-28-30-32-34-37-40-43-46-49-55(64)71-52-54(73-56(65)50-47-44-41-38-36-33-29-26-23-20-17-14-11-8-5-2)53-72-63-61(59(68)58(67)60(75-63)62(69)70)74-57(66)51-48-45-42-39-35-31-24-21-18-15-12-9-6-3/h25,27,54,58-61,63,67-68H,4-24,26,28-53H2,1-3H3,(H,69,70)/b27-25-. The van der Waals surface area contributed by atoms with Crippen molar-refractivity contribution in [2.24, 2.45) is 0 Å². The molecule has 1 heterocycles. The van der Waals surface area contributed by atoms with Gasteiger partial charge in [-0.3, -0.25) is 14.4 Å². The number of esters is 3. The fourth-order valence-electron chi connectivity index (χ4n) is 9.95. The third-order valence-electron chi connectivity index (χ3n) is 14.8. The van der Waals surface area contributed by atoms with Crippen LogP contribution in [0, 0.1) is 0 Å². The number of allylic oxidation sites excluding steroid dienone is 2. The molecule has 0 aromatic heterocycles. The lowest BCUT2D eigenvalue weighted by molar-refractivity contribution is -0.301. The minimum absolute atomic E-state index is 0.0684. The van der Waals surface area contributed by atoms with Gasteiger partial charge in [0.15, 0.2) is 24.6 Å². The zero-order valence-electron chi connectivity index (χ0n) is 48.6. The Morgan fingerprint density at radius 2 is 0.760 bits per heavy atom. The van der Waals surface area contributed by atoms with Crippen molar-refractivity contribution in [2.45, 2.75) is 353 Å². The molecule has 6 unspecified atom stereocenters. The number of carboxylic acids is 1. The summed E-state index contributed by atoms with van der Waals surface area (Å²) in [6.07, 6.45) is 46.0. The highest BCUT2D eigenvalue weighted by Crippen LogP contribution is 2.27. The van der Waals surface area contributed by atoms with Gasteiger partial charge in [-0.15, -0.1) is 0 Å². The number of aliphatic carboxylic acids is 1.